The summed E-state index contributed by atoms with van der Waals surface area (Å²) in [7, 11) is 0. The zero-order valence-electron chi connectivity index (χ0n) is 6.21. The number of rotatable bonds is 3. The first kappa shape index (κ1) is 8.09. The lowest BCUT2D eigenvalue weighted by molar-refractivity contribution is -0.143. The molecule has 0 radical (unpaired) electrons. The molecule has 0 saturated carbocycles. The molecule has 0 N–H and O–H groups in total. The minimum absolute atomic E-state index is 0.0733. The highest BCUT2D eigenvalue weighted by Crippen LogP contribution is 2.13. The molecule has 3 heteroatoms. The van der Waals surface area contributed by atoms with Gasteiger partial charge in [-0.25, -0.2) is 0 Å². The van der Waals surface area contributed by atoms with Gasteiger partial charge in [0.2, 0.25) is 0 Å². The largest absolute Gasteiger partial charge is 0.460 e. The molecular formula is C8H10O3. The summed E-state index contributed by atoms with van der Waals surface area (Å²) < 4.78 is 9.88. The average Bonchev–Trinajstić information content (AvgIpc) is 2.37. The molecule has 1 aliphatic rings. The van der Waals surface area contributed by atoms with Crippen LogP contribution in [-0.4, -0.2) is 25.3 Å². The van der Waals surface area contributed by atoms with E-state index in [0.29, 0.717) is 13.0 Å². The summed E-state index contributed by atoms with van der Waals surface area (Å²) in [5.41, 5.74) is 0. The quantitative estimate of drug-likeness (QED) is 0.334. The highest BCUT2D eigenvalue weighted by Gasteiger charge is 2.22. The molecule has 1 unspecified atom stereocenters. The Hall–Kier alpha value is -1.01. The summed E-state index contributed by atoms with van der Waals surface area (Å²) in [6, 6.07) is 0. The molecule has 0 aromatic heterocycles. The molecule has 1 atom stereocenters. The molecule has 0 bridgehead atoms. The van der Waals surface area contributed by atoms with Gasteiger partial charge in [0.25, 0.3) is 0 Å². The Balaban J connectivity index is 2.09. The van der Waals surface area contributed by atoms with Crippen LogP contribution in [0.4, 0.5) is 0 Å². The van der Waals surface area contributed by atoms with Crippen LogP contribution in [0.1, 0.15) is 12.8 Å². The SMILES string of the molecule is C#CCOCC1CCC(=O)O1. The van der Waals surface area contributed by atoms with Gasteiger partial charge in [0, 0.05) is 6.42 Å². The number of carbonyl (C=O) groups is 1. The summed E-state index contributed by atoms with van der Waals surface area (Å²) >= 11 is 0. The first-order chi connectivity index (χ1) is 5.33. The molecule has 0 spiro atoms. The third-order valence-electron chi connectivity index (χ3n) is 1.46. The van der Waals surface area contributed by atoms with Crippen LogP contribution in [-0.2, 0) is 14.3 Å². The predicted octanol–water partition coefficient (Wildman–Crippen LogP) is 0.342. The normalized spacial score (nSPS) is 22.8. The van der Waals surface area contributed by atoms with Crippen LogP contribution in [0.15, 0.2) is 0 Å². The first-order valence-corrected chi connectivity index (χ1v) is 3.53. The van der Waals surface area contributed by atoms with Crippen molar-refractivity contribution in [3.63, 3.8) is 0 Å². The van der Waals surface area contributed by atoms with Crippen LogP contribution < -0.4 is 0 Å². The summed E-state index contributed by atoms with van der Waals surface area (Å²) in [6.07, 6.45) is 6.14. The second-order valence-electron chi connectivity index (χ2n) is 2.37. The second kappa shape index (κ2) is 3.99. The molecule has 0 aromatic rings. The molecule has 0 aromatic carbocycles. The van der Waals surface area contributed by atoms with E-state index in [-0.39, 0.29) is 18.7 Å². The van der Waals surface area contributed by atoms with Gasteiger partial charge in [-0.3, -0.25) is 4.79 Å². The van der Waals surface area contributed by atoms with Gasteiger partial charge in [-0.05, 0) is 6.42 Å². The van der Waals surface area contributed by atoms with E-state index in [1.165, 1.54) is 0 Å². The van der Waals surface area contributed by atoms with Crippen molar-refractivity contribution < 1.29 is 14.3 Å². The van der Waals surface area contributed by atoms with Crippen molar-refractivity contribution in [2.75, 3.05) is 13.2 Å². The maximum atomic E-state index is 10.6. The Morgan fingerprint density at radius 2 is 2.64 bits per heavy atom. The first-order valence-electron chi connectivity index (χ1n) is 3.53. The van der Waals surface area contributed by atoms with E-state index in [1.807, 2.05) is 0 Å². The maximum Gasteiger partial charge on any atom is 0.306 e. The van der Waals surface area contributed by atoms with Gasteiger partial charge in [-0.1, -0.05) is 5.92 Å². The minimum atomic E-state index is -0.140. The van der Waals surface area contributed by atoms with Crippen LogP contribution >= 0.6 is 0 Å². The average molecular weight is 154 g/mol. The summed E-state index contributed by atoms with van der Waals surface area (Å²) in [5.74, 6) is 2.20. The zero-order valence-corrected chi connectivity index (χ0v) is 6.21. The molecule has 3 nitrogen and oxygen atoms in total. The number of carbonyl (C=O) groups excluding carboxylic acids is 1. The molecule has 1 heterocycles. The van der Waals surface area contributed by atoms with Crippen LogP contribution in [0.2, 0.25) is 0 Å². The van der Waals surface area contributed by atoms with Crippen LogP contribution in [0.25, 0.3) is 0 Å². The fraction of sp³-hybridized carbons (Fsp3) is 0.625. The highest BCUT2D eigenvalue weighted by atomic mass is 16.6. The van der Waals surface area contributed by atoms with Crippen LogP contribution in [0, 0.1) is 12.3 Å². The van der Waals surface area contributed by atoms with E-state index in [9.17, 15) is 4.79 Å². The van der Waals surface area contributed by atoms with E-state index in [1.54, 1.807) is 0 Å². The van der Waals surface area contributed by atoms with Crippen molar-refractivity contribution in [2.45, 2.75) is 18.9 Å². The Morgan fingerprint density at radius 3 is 3.18 bits per heavy atom. The lowest BCUT2D eigenvalue weighted by Gasteiger charge is -2.06. The van der Waals surface area contributed by atoms with Crippen molar-refractivity contribution in [2.24, 2.45) is 0 Å². The monoisotopic (exact) mass is 154 g/mol. The van der Waals surface area contributed by atoms with Gasteiger partial charge in [0.1, 0.15) is 12.7 Å². The lowest BCUT2D eigenvalue weighted by atomic mass is 10.2. The number of esters is 1. The number of ether oxygens (including phenoxy) is 2. The molecule has 1 saturated heterocycles. The maximum absolute atomic E-state index is 10.6. The summed E-state index contributed by atoms with van der Waals surface area (Å²) in [4.78, 5) is 10.6. The van der Waals surface area contributed by atoms with Crippen molar-refractivity contribution in [3.8, 4) is 12.3 Å². The van der Waals surface area contributed by atoms with Crippen LogP contribution in [0.3, 0.4) is 0 Å². The van der Waals surface area contributed by atoms with Gasteiger partial charge in [-0.2, -0.15) is 0 Å². The second-order valence-corrected chi connectivity index (χ2v) is 2.37. The fourth-order valence-electron chi connectivity index (χ4n) is 0.949. The van der Waals surface area contributed by atoms with Crippen LogP contribution in [0.5, 0.6) is 0 Å². The van der Waals surface area contributed by atoms with E-state index < -0.39 is 0 Å². The van der Waals surface area contributed by atoms with E-state index in [2.05, 4.69) is 5.92 Å². The number of hydrogen-bond acceptors (Lipinski definition) is 3. The Kier molecular flexibility index (Phi) is 2.94. The standard InChI is InChI=1S/C8H10O3/c1-2-5-10-6-7-3-4-8(9)11-7/h1,7H,3-6H2. The number of hydrogen-bond donors (Lipinski definition) is 0. The van der Waals surface area contributed by atoms with Crippen molar-refractivity contribution in [3.05, 3.63) is 0 Å². The molecule has 1 fully saturated rings. The van der Waals surface area contributed by atoms with Gasteiger partial charge in [0.05, 0.1) is 6.61 Å². The predicted molar refractivity (Wildman–Crippen MR) is 38.8 cm³/mol. The molecule has 1 aliphatic heterocycles. The summed E-state index contributed by atoms with van der Waals surface area (Å²) in [5, 5.41) is 0. The van der Waals surface area contributed by atoms with Gasteiger partial charge in [-0.15, -0.1) is 6.42 Å². The molecule has 60 valence electrons. The third-order valence-corrected chi connectivity index (χ3v) is 1.46. The van der Waals surface area contributed by atoms with Gasteiger partial charge < -0.3 is 9.47 Å². The topological polar surface area (TPSA) is 35.5 Å². The summed E-state index contributed by atoms with van der Waals surface area (Å²) in [6.45, 7) is 0.712. The highest BCUT2D eigenvalue weighted by molar-refractivity contribution is 5.71. The lowest BCUT2D eigenvalue weighted by Crippen LogP contribution is -2.15. The Labute approximate surface area is 65.7 Å². The smallest absolute Gasteiger partial charge is 0.306 e. The zero-order chi connectivity index (χ0) is 8.10. The fourth-order valence-corrected chi connectivity index (χ4v) is 0.949. The number of cyclic esters (lactones) is 1. The Morgan fingerprint density at radius 1 is 1.82 bits per heavy atom. The number of terminal acetylenes is 1. The van der Waals surface area contributed by atoms with Gasteiger partial charge >= 0.3 is 5.97 Å². The van der Waals surface area contributed by atoms with E-state index in [4.69, 9.17) is 15.9 Å². The van der Waals surface area contributed by atoms with E-state index >= 15 is 0 Å². The van der Waals surface area contributed by atoms with Crippen molar-refractivity contribution >= 4 is 5.97 Å². The van der Waals surface area contributed by atoms with Crippen molar-refractivity contribution in [1.29, 1.82) is 0 Å². The molecular weight excluding hydrogens is 144 g/mol. The Bertz CT molecular complexity index is 180. The third kappa shape index (κ3) is 2.60. The molecule has 0 amide bonds. The molecule has 11 heavy (non-hydrogen) atoms. The van der Waals surface area contributed by atoms with Gasteiger partial charge in [0.15, 0.2) is 0 Å². The van der Waals surface area contributed by atoms with E-state index in [0.717, 1.165) is 6.42 Å². The minimum Gasteiger partial charge on any atom is -0.460 e. The van der Waals surface area contributed by atoms with Crippen molar-refractivity contribution in [1.82, 2.24) is 0 Å². The molecule has 0 aliphatic carbocycles. The molecule has 1 rings (SSSR count).